The van der Waals surface area contributed by atoms with E-state index >= 15 is 0 Å². The standard InChI is InChI=1S/C13H19FN2O3S/c1-9-11(14)6-10(15)7-12(9)20(17,18)16-4-5-19-8-13(16,2)3/h6-7H,4-5,8,15H2,1-3H3. The maximum atomic E-state index is 13.7. The third kappa shape index (κ3) is 2.53. The van der Waals surface area contributed by atoms with Gasteiger partial charge < -0.3 is 10.5 Å². The average Bonchev–Trinajstić information content (AvgIpc) is 2.32. The van der Waals surface area contributed by atoms with E-state index in [0.29, 0.717) is 13.2 Å². The fraction of sp³-hybridized carbons (Fsp3) is 0.538. The van der Waals surface area contributed by atoms with E-state index < -0.39 is 21.4 Å². The summed E-state index contributed by atoms with van der Waals surface area (Å²) in [6.45, 7) is 5.87. The van der Waals surface area contributed by atoms with Crippen molar-refractivity contribution in [1.29, 1.82) is 0 Å². The Morgan fingerprint density at radius 3 is 2.65 bits per heavy atom. The molecular weight excluding hydrogens is 283 g/mol. The van der Waals surface area contributed by atoms with Crippen LogP contribution in [0.3, 0.4) is 0 Å². The summed E-state index contributed by atoms with van der Waals surface area (Å²) >= 11 is 0. The molecule has 1 aliphatic rings. The molecule has 0 saturated carbocycles. The molecule has 0 aromatic heterocycles. The van der Waals surface area contributed by atoms with Crippen molar-refractivity contribution in [2.24, 2.45) is 0 Å². The van der Waals surface area contributed by atoms with Gasteiger partial charge in [0.15, 0.2) is 0 Å². The first-order chi connectivity index (χ1) is 9.16. The zero-order valence-corrected chi connectivity index (χ0v) is 12.6. The van der Waals surface area contributed by atoms with Crippen molar-refractivity contribution in [3.8, 4) is 0 Å². The Morgan fingerprint density at radius 1 is 1.40 bits per heavy atom. The van der Waals surface area contributed by atoms with Gasteiger partial charge in [-0.15, -0.1) is 0 Å². The maximum absolute atomic E-state index is 13.7. The summed E-state index contributed by atoms with van der Waals surface area (Å²) < 4.78 is 46.0. The predicted octanol–water partition coefficient (Wildman–Crippen LogP) is 1.52. The quantitative estimate of drug-likeness (QED) is 0.841. The smallest absolute Gasteiger partial charge is 0.244 e. The third-order valence-electron chi connectivity index (χ3n) is 3.46. The van der Waals surface area contributed by atoms with Crippen LogP contribution in [-0.4, -0.2) is 38.0 Å². The molecule has 0 amide bonds. The van der Waals surface area contributed by atoms with E-state index in [1.54, 1.807) is 13.8 Å². The Bertz CT molecular complexity index is 629. The number of hydrogen-bond donors (Lipinski definition) is 1. The fourth-order valence-corrected chi connectivity index (χ4v) is 4.37. The molecule has 7 heteroatoms. The van der Waals surface area contributed by atoms with Gasteiger partial charge >= 0.3 is 0 Å². The molecular formula is C13H19FN2O3S. The summed E-state index contributed by atoms with van der Waals surface area (Å²) in [5, 5.41) is 0. The topological polar surface area (TPSA) is 72.6 Å². The highest BCUT2D eigenvalue weighted by Crippen LogP contribution is 2.31. The summed E-state index contributed by atoms with van der Waals surface area (Å²) in [6.07, 6.45) is 0. The lowest BCUT2D eigenvalue weighted by Gasteiger charge is -2.41. The molecule has 0 spiro atoms. The Hall–Kier alpha value is -1.18. The highest BCUT2D eigenvalue weighted by Gasteiger charge is 2.40. The van der Waals surface area contributed by atoms with Crippen molar-refractivity contribution >= 4 is 15.7 Å². The first kappa shape index (κ1) is 15.2. The van der Waals surface area contributed by atoms with E-state index in [-0.39, 0.29) is 22.7 Å². The van der Waals surface area contributed by atoms with Gasteiger partial charge in [-0.25, -0.2) is 12.8 Å². The zero-order valence-electron chi connectivity index (χ0n) is 11.8. The van der Waals surface area contributed by atoms with Crippen LogP contribution >= 0.6 is 0 Å². The highest BCUT2D eigenvalue weighted by molar-refractivity contribution is 7.89. The predicted molar refractivity (Wildman–Crippen MR) is 74.3 cm³/mol. The molecule has 2 rings (SSSR count). The Kier molecular flexibility index (Phi) is 3.79. The van der Waals surface area contributed by atoms with Crippen molar-refractivity contribution in [3.05, 3.63) is 23.5 Å². The number of morpholine rings is 1. The number of rotatable bonds is 2. The van der Waals surface area contributed by atoms with Gasteiger partial charge in [0.2, 0.25) is 10.0 Å². The van der Waals surface area contributed by atoms with Gasteiger partial charge in [0, 0.05) is 17.8 Å². The number of nitrogen functional groups attached to an aromatic ring is 1. The SMILES string of the molecule is Cc1c(F)cc(N)cc1S(=O)(=O)N1CCOCC1(C)C. The molecule has 0 atom stereocenters. The van der Waals surface area contributed by atoms with Crippen molar-refractivity contribution in [3.63, 3.8) is 0 Å². The van der Waals surface area contributed by atoms with Crippen LogP contribution in [0.4, 0.5) is 10.1 Å². The van der Waals surface area contributed by atoms with E-state index in [0.717, 1.165) is 6.07 Å². The number of anilines is 1. The number of benzene rings is 1. The van der Waals surface area contributed by atoms with Gasteiger partial charge in [-0.05, 0) is 32.9 Å². The third-order valence-corrected chi connectivity index (χ3v) is 5.69. The lowest BCUT2D eigenvalue weighted by molar-refractivity contribution is -0.00773. The van der Waals surface area contributed by atoms with Gasteiger partial charge in [-0.3, -0.25) is 0 Å². The van der Waals surface area contributed by atoms with Gasteiger partial charge in [-0.1, -0.05) is 0 Å². The van der Waals surface area contributed by atoms with Crippen LogP contribution in [0.5, 0.6) is 0 Å². The second kappa shape index (κ2) is 4.98. The molecule has 0 aliphatic carbocycles. The lowest BCUT2D eigenvalue weighted by atomic mass is 10.1. The first-order valence-corrected chi connectivity index (χ1v) is 7.76. The fourth-order valence-electron chi connectivity index (χ4n) is 2.35. The van der Waals surface area contributed by atoms with Crippen LogP contribution in [0, 0.1) is 12.7 Å². The minimum absolute atomic E-state index is 0.0787. The van der Waals surface area contributed by atoms with E-state index in [2.05, 4.69) is 0 Å². The monoisotopic (exact) mass is 302 g/mol. The molecule has 20 heavy (non-hydrogen) atoms. The van der Waals surface area contributed by atoms with Crippen LogP contribution in [0.1, 0.15) is 19.4 Å². The van der Waals surface area contributed by atoms with Crippen LogP contribution < -0.4 is 5.73 Å². The molecule has 1 fully saturated rings. The largest absolute Gasteiger partial charge is 0.399 e. The Balaban J connectivity index is 2.56. The molecule has 1 aliphatic heterocycles. The molecule has 1 saturated heterocycles. The number of hydrogen-bond acceptors (Lipinski definition) is 4. The number of ether oxygens (including phenoxy) is 1. The second-order valence-corrected chi connectivity index (χ2v) is 7.40. The van der Waals surface area contributed by atoms with Crippen LogP contribution in [-0.2, 0) is 14.8 Å². The van der Waals surface area contributed by atoms with E-state index in [9.17, 15) is 12.8 Å². The van der Waals surface area contributed by atoms with Crippen molar-refractivity contribution in [2.45, 2.75) is 31.2 Å². The summed E-state index contributed by atoms with van der Waals surface area (Å²) in [7, 11) is -3.81. The van der Waals surface area contributed by atoms with Crippen molar-refractivity contribution in [1.82, 2.24) is 4.31 Å². The highest BCUT2D eigenvalue weighted by atomic mass is 32.2. The van der Waals surface area contributed by atoms with Gasteiger partial charge in [0.1, 0.15) is 5.82 Å². The molecule has 1 aromatic carbocycles. The molecule has 1 heterocycles. The molecule has 112 valence electrons. The van der Waals surface area contributed by atoms with Gasteiger partial charge in [0.05, 0.1) is 23.6 Å². The van der Waals surface area contributed by atoms with Crippen molar-refractivity contribution in [2.75, 3.05) is 25.5 Å². The lowest BCUT2D eigenvalue weighted by Crippen LogP contribution is -2.55. The van der Waals surface area contributed by atoms with E-state index in [1.165, 1.54) is 17.3 Å². The second-order valence-electron chi connectivity index (χ2n) is 5.57. The number of nitrogens with two attached hydrogens (primary N) is 1. The van der Waals surface area contributed by atoms with E-state index in [1.807, 2.05) is 0 Å². The first-order valence-electron chi connectivity index (χ1n) is 6.32. The van der Waals surface area contributed by atoms with Crippen LogP contribution in [0.2, 0.25) is 0 Å². The molecule has 0 bridgehead atoms. The molecule has 0 unspecified atom stereocenters. The van der Waals surface area contributed by atoms with Gasteiger partial charge in [0.25, 0.3) is 0 Å². The minimum Gasteiger partial charge on any atom is -0.399 e. The molecule has 1 aromatic rings. The summed E-state index contributed by atoms with van der Waals surface area (Å²) in [5.41, 5.74) is 5.08. The average molecular weight is 302 g/mol. The van der Waals surface area contributed by atoms with Crippen molar-refractivity contribution < 1.29 is 17.5 Å². The molecule has 0 radical (unpaired) electrons. The number of halogens is 1. The summed E-state index contributed by atoms with van der Waals surface area (Å²) in [4.78, 5) is -0.0787. The number of nitrogens with zero attached hydrogens (tertiary/aromatic N) is 1. The maximum Gasteiger partial charge on any atom is 0.244 e. The van der Waals surface area contributed by atoms with Crippen LogP contribution in [0.25, 0.3) is 0 Å². The Morgan fingerprint density at radius 2 is 2.05 bits per heavy atom. The molecule has 2 N–H and O–H groups in total. The van der Waals surface area contributed by atoms with Gasteiger partial charge in [-0.2, -0.15) is 4.31 Å². The van der Waals surface area contributed by atoms with E-state index in [4.69, 9.17) is 10.5 Å². The molecule has 5 nitrogen and oxygen atoms in total. The van der Waals surface area contributed by atoms with Crippen LogP contribution in [0.15, 0.2) is 17.0 Å². The zero-order chi connectivity index (χ0) is 15.1. The minimum atomic E-state index is -3.81. The summed E-state index contributed by atoms with van der Waals surface area (Å²) in [6, 6.07) is 2.43. The summed E-state index contributed by atoms with van der Waals surface area (Å²) in [5.74, 6) is -0.616. The normalized spacial score (nSPS) is 20.0. The Labute approximate surface area is 118 Å². The number of sulfonamides is 1.